The number of nitrogens with zero attached hydrogens (tertiary/aromatic N) is 2. The molecule has 5 heteroatoms. The number of hydrogen-bond acceptors (Lipinski definition) is 3. The van der Waals surface area contributed by atoms with Gasteiger partial charge in [0.2, 0.25) is 0 Å². The minimum absolute atomic E-state index is 0.754. The highest BCUT2D eigenvalue weighted by Gasteiger charge is 2.04. The zero-order valence-corrected chi connectivity index (χ0v) is 14.2. The van der Waals surface area contributed by atoms with Gasteiger partial charge in [0.05, 0.1) is 6.26 Å². The molecular weight excluding hydrogens is 288 g/mol. The van der Waals surface area contributed by atoms with E-state index in [2.05, 4.69) is 58.9 Å². The molecule has 0 fully saturated rings. The van der Waals surface area contributed by atoms with Crippen LogP contribution in [0, 0.1) is 0 Å². The Balaban J connectivity index is 1.83. The Morgan fingerprint density at radius 1 is 1.09 bits per heavy atom. The molecule has 1 aromatic heterocycles. The number of aliphatic imine (C=N–C) groups is 1. The normalized spacial score (nSPS) is 11.7. The SMILES string of the molecule is CN=C(NCCc1ccco1)NCc1ccccc1CN(C)C. The quantitative estimate of drug-likeness (QED) is 0.608. The average Bonchev–Trinajstić information content (AvgIpc) is 3.05. The van der Waals surface area contributed by atoms with E-state index in [-0.39, 0.29) is 0 Å². The summed E-state index contributed by atoms with van der Waals surface area (Å²) in [5.41, 5.74) is 2.62. The van der Waals surface area contributed by atoms with Crippen molar-refractivity contribution in [3.63, 3.8) is 0 Å². The summed E-state index contributed by atoms with van der Waals surface area (Å²) in [6.45, 7) is 2.47. The molecule has 0 amide bonds. The maximum Gasteiger partial charge on any atom is 0.191 e. The van der Waals surface area contributed by atoms with Crippen molar-refractivity contribution in [3.05, 3.63) is 59.5 Å². The van der Waals surface area contributed by atoms with Gasteiger partial charge in [-0.05, 0) is 37.4 Å². The van der Waals surface area contributed by atoms with Crippen LogP contribution in [0.15, 0.2) is 52.1 Å². The monoisotopic (exact) mass is 314 g/mol. The summed E-state index contributed by atoms with van der Waals surface area (Å²) in [4.78, 5) is 6.44. The predicted molar refractivity (Wildman–Crippen MR) is 94.4 cm³/mol. The fourth-order valence-electron chi connectivity index (χ4n) is 2.38. The summed E-state index contributed by atoms with van der Waals surface area (Å²) in [5, 5.41) is 6.68. The Morgan fingerprint density at radius 3 is 2.52 bits per heavy atom. The molecule has 0 spiro atoms. The van der Waals surface area contributed by atoms with E-state index in [1.165, 1.54) is 11.1 Å². The Bertz CT molecular complexity index is 605. The summed E-state index contributed by atoms with van der Waals surface area (Å²) in [7, 11) is 5.95. The Kier molecular flexibility index (Phi) is 6.69. The van der Waals surface area contributed by atoms with E-state index in [0.29, 0.717) is 0 Å². The van der Waals surface area contributed by atoms with Crippen LogP contribution in [-0.2, 0) is 19.5 Å². The third kappa shape index (κ3) is 5.79. The molecular formula is C18H26N4O. The highest BCUT2D eigenvalue weighted by molar-refractivity contribution is 5.79. The summed E-state index contributed by atoms with van der Waals surface area (Å²) in [5.74, 6) is 1.78. The molecule has 0 unspecified atom stereocenters. The maximum atomic E-state index is 5.33. The van der Waals surface area contributed by atoms with Gasteiger partial charge in [0, 0.05) is 33.1 Å². The van der Waals surface area contributed by atoms with Crippen molar-refractivity contribution in [3.8, 4) is 0 Å². The van der Waals surface area contributed by atoms with Crippen LogP contribution in [0.25, 0.3) is 0 Å². The molecule has 2 rings (SSSR count). The van der Waals surface area contributed by atoms with Gasteiger partial charge in [0.1, 0.15) is 5.76 Å². The number of hydrogen-bond donors (Lipinski definition) is 2. The third-order valence-electron chi connectivity index (χ3n) is 3.52. The Hall–Kier alpha value is -2.27. The number of rotatable bonds is 7. The maximum absolute atomic E-state index is 5.33. The molecule has 2 aromatic rings. The first-order valence-electron chi connectivity index (χ1n) is 7.87. The second kappa shape index (κ2) is 9.00. The van der Waals surface area contributed by atoms with Crippen LogP contribution in [0.2, 0.25) is 0 Å². The molecule has 0 saturated carbocycles. The third-order valence-corrected chi connectivity index (χ3v) is 3.52. The molecule has 23 heavy (non-hydrogen) atoms. The van der Waals surface area contributed by atoms with Gasteiger partial charge in [-0.3, -0.25) is 4.99 Å². The smallest absolute Gasteiger partial charge is 0.191 e. The zero-order valence-electron chi connectivity index (χ0n) is 14.2. The van der Waals surface area contributed by atoms with Crippen molar-refractivity contribution in [1.29, 1.82) is 0 Å². The number of guanidine groups is 1. The number of nitrogens with one attached hydrogen (secondary N) is 2. The molecule has 124 valence electrons. The first kappa shape index (κ1) is 17.1. The lowest BCUT2D eigenvalue weighted by atomic mass is 10.1. The fourth-order valence-corrected chi connectivity index (χ4v) is 2.38. The van der Waals surface area contributed by atoms with Gasteiger partial charge >= 0.3 is 0 Å². The van der Waals surface area contributed by atoms with E-state index in [1.54, 1.807) is 13.3 Å². The summed E-state index contributed by atoms with van der Waals surface area (Å²) < 4.78 is 5.33. The van der Waals surface area contributed by atoms with Gasteiger partial charge < -0.3 is 20.0 Å². The topological polar surface area (TPSA) is 52.8 Å². The molecule has 2 N–H and O–H groups in total. The minimum Gasteiger partial charge on any atom is -0.469 e. The van der Waals surface area contributed by atoms with Crippen LogP contribution < -0.4 is 10.6 Å². The van der Waals surface area contributed by atoms with Crippen molar-refractivity contribution in [2.75, 3.05) is 27.7 Å². The molecule has 0 aliphatic carbocycles. The highest BCUT2D eigenvalue weighted by atomic mass is 16.3. The predicted octanol–water partition coefficient (Wildman–Crippen LogP) is 2.25. The van der Waals surface area contributed by atoms with E-state index in [4.69, 9.17) is 4.42 Å². The molecule has 0 atom stereocenters. The molecule has 1 aromatic carbocycles. The van der Waals surface area contributed by atoms with Crippen LogP contribution in [0.4, 0.5) is 0 Å². The van der Waals surface area contributed by atoms with Crippen LogP contribution in [0.3, 0.4) is 0 Å². The van der Waals surface area contributed by atoms with Crippen LogP contribution in [0.5, 0.6) is 0 Å². The van der Waals surface area contributed by atoms with E-state index in [1.807, 2.05) is 12.1 Å². The van der Waals surface area contributed by atoms with Crippen molar-refractivity contribution in [2.24, 2.45) is 4.99 Å². The summed E-state index contributed by atoms with van der Waals surface area (Å²) in [6, 6.07) is 12.4. The Labute approximate surface area is 138 Å². The highest BCUT2D eigenvalue weighted by Crippen LogP contribution is 2.10. The van der Waals surface area contributed by atoms with Gasteiger partial charge in [-0.15, -0.1) is 0 Å². The average molecular weight is 314 g/mol. The molecule has 0 aliphatic rings. The lowest BCUT2D eigenvalue weighted by molar-refractivity contribution is 0.400. The second-order valence-electron chi connectivity index (χ2n) is 5.69. The molecule has 0 radical (unpaired) electrons. The molecule has 1 heterocycles. The van der Waals surface area contributed by atoms with E-state index in [0.717, 1.165) is 37.8 Å². The lowest BCUT2D eigenvalue weighted by Gasteiger charge is -2.16. The van der Waals surface area contributed by atoms with Crippen molar-refractivity contribution in [1.82, 2.24) is 15.5 Å². The van der Waals surface area contributed by atoms with Crippen LogP contribution in [-0.4, -0.2) is 38.5 Å². The summed E-state index contributed by atoms with van der Waals surface area (Å²) in [6.07, 6.45) is 2.54. The standard InChI is InChI=1S/C18H26N4O/c1-19-18(20-11-10-17-9-6-12-23-17)21-13-15-7-4-5-8-16(15)14-22(2)3/h4-9,12H,10-11,13-14H2,1-3H3,(H2,19,20,21). The molecule has 0 saturated heterocycles. The van der Waals surface area contributed by atoms with Gasteiger partial charge in [-0.25, -0.2) is 0 Å². The molecule has 0 bridgehead atoms. The van der Waals surface area contributed by atoms with Crippen molar-refractivity contribution >= 4 is 5.96 Å². The van der Waals surface area contributed by atoms with Gasteiger partial charge in [0.15, 0.2) is 5.96 Å². The fraction of sp³-hybridized carbons (Fsp3) is 0.389. The Morgan fingerprint density at radius 2 is 1.87 bits per heavy atom. The zero-order chi connectivity index (χ0) is 16.5. The van der Waals surface area contributed by atoms with Gasteiger partial charge in [-0.1, -0.05) is 24.3 Å². The minimum atomic E-state index is 0.754. The number of benzene rings is 1. The van der Waals surface area contributed by atoms with Crippen LogP contribution >= 0.6 is 0 Å². The van der Waals surface area contributed by atoms with Gasteiger partial charge in [0.25, 0.3) is 0 Å². The van der Waals surface area contributed by atoms with E-state index in [9.17, 15) is 0 Å². The first-order valence-corrected chi connectivity index (χ1v) is 7.87. The molecule has 0 aliphatic heterocycles. The first-order chi connectivity index (χ1) is 11.2. The molecule has 5 nitrogen and oxygen atoms in total. The van der Waals surface area contributed by atoms with E-state index < -0.39 is 0 Å². The largest absolute Gasteiger partial charge is 0.469 e. The second-order valence-corrected chi connectivity index (χ2v) is 5.69. The van der Waals surface area contributed by atoms with E-state index >= 15 is 0 Å². The van der Waals surface area contributed by atoms with Crippen molar-refractivity contribution < 1.29 is 4.42 Å². The number of furan rings is 1. The van der Waals surface area contributed by atoms with Gasteiger partial charge in [-0.2, -0.15) is 0 Å². The van der Waals surface area contributed by atoms with Crippen LogP contribution in [0.1, 0.15) is 16.9 Å². The van der Waals surface area contributed by atoms with Crippen molar-refractivity contribution in [2.45, 2.75) is 19.5 Å². The summed E-state index contributed by atoms with van der Waals surface area (Å²) >= 11 is 0. The lowest BCUT2D eigenvalue weighted by Crippen LogP contribution is -2.38.